The van der Waals surface area contributed by atoms with E-state index < -0.39 is 0 Å². The summed E-state index contributed by atoms with van der Waals surface area (Å²) in [5.74, 6) is 1.95. The third kappa shape index (κ3) is 10.4. The Balaban J connectivity index is 0.000000187. The lowest BCUT2D eigenvalue weighted by molar-refractivity contribution is 0.0266. The van der Waals surface area contributed by atoms with Crippen molar-refractivity contribution in [3.63, 3.8) is 0 Å². The molecule has 2 aliphatic heterocycles. The number of aliphatic hydroxyl groups is 1. The van der Waals surface area contributed by atoms with E-state index in [0.29, 0.717) is 11.8 Å². The molecule has 0 bridgehead atoms. The van der Waals surface area contributed by atoms with Crippen molar-refractivity contribution in [1.29, 1.82) is 0 Å². The first kappa shape index (κ1) is 20.9. The van der Waals surface area contributed by atoms with Crippen molar-refractivity contribution >= 4 is 0 Å². The molecule has 0 amide bonds. The quantitative estimate of drug-likeness (QED) is 0.750. The van der Waals surface area contributed by atoms with Gasteiger partial charge in [0.1, 0.15) is 0 Å². The molecule has 2 saturated heterocycles. The maximum absolute atomic E-state index is 9.71. The van der Waals surface area contributed by atoms with E-state index in [0.717, 1.165) is 38.8 Å². The zero-order valence-corrected chi connectivity index (χ0v) is 15.8. The van der Waals surface area contributed by atoms with Gasteiger partial charge >= 0.3 is 0 Å². The van der Waals surface area contributed by atoms with Crippen LogP contribution in [-0.2, 0) is 9.47 Å². The highest BCUT2D eigenvalue weighted by molar-refractivity contribution is 4.79. The number of hydrogen-bond donors (Lipinski definition) is 1. The standard InChI is InChI=1S/C10H20O.2C5H10O/c1-7(2)9-5-4-8(3)6-10(9)11;2*1-2-4-6-5-3-1/h7-11H,4-6H2,1-3H3;2*1-5H2. The summed E-state index contributed by atoms with van der Waals surface area (Å²) in [6, 6.07) is 0. The van der Waals surface area contributed by atoms with Crippen molar-refractivity contribution in [3.8, 4) is 0 Å². The van der Waals surface area contributed by atoms with Crippen LogP contribution in [0.3, 0.4) is 0 Å². The van der Waals surface area contributed by atoms with Gasteiger partial charge in [0, 0.05) is 26.4 Å². The molecule has 2 heterocycles. The van der Waals surface area contributed by atoms with Gasteiger partial charge in [0.15, 0.2) is 0 Å². The van der Waals surface area contributed by atoms with Crippen molar-refractivity contribution in [2.24, 2.45) is 17.8 Å². The predicted octanol–water partition coefficient (Wildman–Crippen LogP) is 4.81. The largest absolute Gasteiger partial charge is 0.393 e. The van der Waals surface area contributed by atoms with Crippen LogP contribution in [0.2, 0.25) is 0 Å². The molecule has 3 unspecified atom stereocenters. The fraction of sp³-hybridized carbons (Fsp3) is 1.00. The van der Waals surface area contributed by atoms with Gasteiger partial charge < -0.3 is 14.6 Å². The molecule has 1 aliphatic carbocycles. The highest BCUT2D eigenvalue weighted by atomic mass is 16.5. The summed E-state index contributed by atoms with van der Waals surface area (Å²) in [4.78, 5) is 0. The van der Waals surface area contributed by atoms with Crippen LogP contribution in [0.1, 0.15) is 78.6 Å². The monoisotopic (exact) mass is 328 g/mol. The Morgan fingerprint density at radius 1 is 0.783 bits per heavy atom. The Hall–Kier alpha value is -0.120. The van der Waals surface area contributed by atoms with Crippen molar-refractivity contribution < 1.29 is 14.6 Å². The second-order valence-electron chi connectivity index (χ2n) is 7.74. The molecule has 3 fully saturated rings. The predicted molar refractivity (Wildman–Crippen MR) is 96.7 cm³/mol. The van der Waals surface area contributed by atoms with E-state index in [1.807, 2.05) is 0 Å². The average Bonchev–Trinajstić information content (AvgIpc) is 2.59. The molecule has 0 spiro atoms. The molecule has 0 radical (unpaired) electrons. The fourth-order valence-electron chi connectivity index (χ4n) is 3.53. The lowest BCUT2D eigenvalue weighted by Crippen LogP contribution is -2.31. The number of aliphatic hydroxyl groups excluding tert-OH is 1. The molecule has 3 rings (SSSR count). The Kier molecular flexibility index (Phi) is 12.0. The number of hydrogen-bond acceptors (Lipinski definition) is 3. The van der Waals surface area contributed by atoms with E-state index in [2.05, 4.69) is 20.8 Å². The Morgan fingerprint density at radius 2 is 1.26 bits per heavy atom. The van der Waals surface area contributed by atoms with Crippen LogP contribution in [-0.4, -0.2) is 37.6 Å². The maximum atomic E-state index is 9.71. The van der Waals surface area contributed by atoms with E-state index >= 15 is 0 Å². The second-order valence-corrected chi connectivity index (χ2v) is 7.74. The first-order valence-electron chi connectivity index (χ1n) is 9.94. The maximum Gasteiger partial charge on any atom is 0.0573 e. The second kappa shape index (κ2) is 13.2. The third-order valence-electron chi connectivity index (χ3n) is 5.14. The zero-order valence-electron chi connectivity index (χ0n) is 15.8. The minimum Gasteiger partial charge on any atom is -0.393 e. The fourth-order valence-corrected chi connectivity index (χ4v) is 3.53. The molecule has 1 N–H and O–H groups in total. The highest BCUT2D eigenvalue weighted by Gasteiger charge is 2.28. The number of ether oxygens (including phenoxy) is 2. The summed E-state index contributed by atoms with van der Waals surface area (Å²) in [7, 11) is 0. The number of rotatable bonds is 1. The Morgan fingerprint density at radius 3 is 1.52 bits per heavy atom. The van der Waals surface area contributed by atoms with E-state index in [-0.39, 0.29) is 6.10 Å². The van der Waals surface area contributed by atoms with Gasteiger partial charge in [-0.3, -0.25) is 0 Å². The summed E-state index contributed by atoms with van der Waals surface area (Å²) >= 11 is 0. The van der Waals surface area contributed by atoms with Crippen LogP contribution in [0.15, 0.2) is 0 Å². The summed E-state index contributed by atoms with van der Waals surface area (Å²) in [6.07, 6.45) is 11.4. The molecule has 0 aromatic heterocycles. The normalized spacial score (nSPS) is 31.4. The lowest BCUT2D eigenvalue weighted by Gasteiger charge is -2.33. The Bertz CT molecular complexity index is 225. The van der Waals surface area contributed by atoms with Crippen LogP contribution in [0.5, 0.6) is 0 Å². The molecule has 138 valence electrons. The van der Waals surface area contributed by atoms with Crippen molar-refractivity contribution in [2.75, 3.05) is 26.4 Å². The average molecular weight is 329 g/mol. The molecule has 0 aromatic rings. The van der Waals surface area contributed by atoms with E-state index in [9.17, 15) is 5.11 Å². The van der Waals surface area contributed by atoms with Crippen molar-refractivity contribution in [2.45, 2.75) is 84.7 Å². The van der Waals surface area contributed by atoms with Gasteiger partial charge in [-0.15, -0.1) is 0 Å². The summed E-state index contributed by atoms with van der Waals surface area (Å²) in [5.41, 5.74) is 0. The van der Waals surface area contributed by atoms with Crippen LogP contribution in [0, 0.1) is 17.8 Å². The van der Waals surface area contributed by atoms with Gasteiger partial charge in [-0.1, -0.05) is 27.2 Å². The SMILES string of the molecule is C1CCOCC1.C1CCOCC1.CC1CCC(C(C)C)C(O)C1. The summed E-state index contributed by atoms with van der Waals surface area (Å²) < 4.78 is 10.1. The van der Waals surface area contributed by atoms with Gasteiger partial charge in [0.2, 0.25) is 0 Å². The molecular formula is C20H40O3. The zero-order chi connectivity index (χ0) is 16.9. The molecule has 3 heteroatoms. The topological polar surface area (TPSA) is 38.7 Å². The Labute approximate surface area is 144 Å². The van der Waals surface area contributed by atoms with Crippen LogP contribution in [0.4, 0.5) is 0 Å². The van der Waals surface area contributed by atoms with Crippen molar-refractivity contribution in [3.05, 3.63) is 0 Å². The van der Waals surface area contributed by atoms with E-state index in [4.69, 9.17) is 9.47 Å². The lowest BCUT2D eigenvalue weighted by atomic mass is 9.75. The van der Waals surface area contributed by atoms with Gasteiger partial charge in [-0.25, -0.2) is 0 Å². The van der Waals surface area contributed by atoms with E-state index in [1.165, 1.54) is 51.4 Å². The van der Waals surface area contributed by atoms with Gasteiger partial charge in [-0.2, -0.15) is 0 Å². The van der Waals surface area contributed by atoms with Gasteiger partial charge in [0.25, 0.3) is 0 Å². The molecular weight excluding hydrogens is 288 g/mol. The van der Waals surface area contributed by atoms with Crippen LogP contribution < -0.4 is 0 Å². The minimum absolute atomic E-state index is 0.0289. The van der Waals surface area contributed by atoms with Gasteiger partial charge in [0.05, 0.1) is 6.10 Å². The molecule has 1 saturated carbocycles. The molecule has 3 aliphatic rings. The highest BCUT2D eigenvalue weighted by Crippen LogP contribution is 2.33. The first-order valence-corrected chi connectivity index (χ1v) is 9.94. The van der Waals surface area contributed by atoms with Gasteiger partial charge in [-0.05, 0) is 69.1 Å². The van der Waals surface area contributed by atoms with Crippen LogP contribution >= 0.6 is 0 Å². The molecule has 0 aromatic carbocycles. The molecule has 23 heavy (non-hydrogen) atoms. The smallest absolute Gasteiger partial charge is 0.0573 e. The minimum atomic E-state index is -0.0289. The van der Waals surface area contributed by atoms with Crippen LogP contribution in [0.25, 0.3) is 0 Å². The third-order valence-corrected chi connectivity index (χ3v) is 5.14. The molecule has 3 atom stereocenters. The first-order chi connectivity index (χ1) is 11.1. The van der Waals surface area contributed by atoms with E-state index in [1.54, 1.807) is 0 Å². The van der Waals surface area contributed by atoms with Crippen molar-refractivity contribution in [1.82, 2.24) is 0 Å². The molecule has 3 nitrogen and oxygen atoms in total. The summed E-state index contributed by atoms with van der Waals surface area (Å²) in [6.45, 7) is 10.7. The summed E-state index contributed by atoms with van der Waals surface area (Å²) in [5, 5.41) is 9.71.